The highest BCUT2D eigenvalue weighted by atomic mass is 35.5. The molecule has 0 N–H and O–H groups in total. The molecule has 9 nitrogen and oxygen atoms in total. The van der Waals surface area contributed by atoms with Gasteiger partial charge >= 0.3 is 5.97 Å². The first kappa shape index (κ1) is 16.6. The van der Waals surface area contributed by atoms with Gasteiger partial charge in [-0.05, 0) is 20.8 Å². The summed E-state index contributed by atoms with van der Waals surface area (Å²) in [6.07, 6.45) is 0.219. The molecule has 10 heteroatoms. The van der Waals surface area contributed by atoms with Gasteiger partial charge in [0.1, 0.15) is 24.1 Å². The molecule has 2 saturated heterocycles. The molecule has 2 aliphatic heterocycles. The van der Waals surface area contributed by atoms with E-state index in [0.29, 0.717) is 11.2 Å². The Morgan fingerprint density at radius 3 is 2.84 bits per heavy atom. The topological polar surface area (TPSA) is 97.6 Å². The minimum atomic E-state index is -0.897. The number of nitrogens with zero attached hydrogens (tertiary/aromatic N) is 4. The van der Waals surface area contributed by atoms with Crippen molar-refractivity contribution >= 4 is 28.7 Å². The molecular formula is C15H17ClN4O5. The molecule has 4 rings (SSSR count). The third kappa shape index (κ3) is 2.67. The Hall–Kier alpha value is -1.81. The Labute approximate surface area is 148 Å². The standard InChI is InChI=1S/C15H17ClN4O5/c1-4-22-14(21)10-8-9(25-15(2,3)24-8)13(23-10)20-6-19-7-11(16)17-5-18-12(7)20/h5-6,8-10,13H,4H2,1-3H3/t8-,9+,10-,13+/m0/s1. The van der Waals surface area contributed by atoms with E-state index in [1.807, 2.05) is 0 Å². The lowest BCUT2D eigenvalue weighted by molar-refractivity contribution is -0.204. The lowest BCUT2D eigenvalue weighted by atomic mass is 10.1. The molecule has 2 aliphatic rings. The van der Waals surface area contributed by atoms with Crippen LogP contribution in [0.5, 0.6) is 0 Å². The fourth-order valence-corrected chi connectivity index (χ4v) is 3.40. The highest BCUT2D eigenvalue weighted by Crippen LogP contribution is 2.44. The molecule has 0 bridgehead atoms. The molecule has 4 atom stereocenters. The summed E-state index contributed by atoms with van der Waals surface area (Å²) >= 11 is 6.06. The number of aromatic nitrogens is 4. The van der Waals surface area contributed by atoms with Gasteiger partial charge in [0.25, 0.3) is 0 Å². The predicted molar refractivity (Wildman–Crippen MR) is 84.7 cm³/mol. The summed E-state index contributed by atoms with van der Waals surface area (Å²) in [4.78, 5) is 24.6. The summed E-state index contributed by atoms with van der Waals surface area (Å²) in [5.41, 5.74) is 0.934. The fraction of sp³-hybridized carbons (Fsp3) is 0.600. The van der Waals surface area contributed by atoms with Crippen molar-refractivity contribution in [2.24, 2.45) is 0 Å². The van der Waals surface area contributed by atoms with E-state index >= 15 is 0 Å². The van der Waals surface area contributed by atoms with Crippen molar-refractivity contribution in [3.05, 3.63) is 17.8 Å². The van der Waals surface area contributed by atoms with E-state index in [2.05, 4.69) is 15.0 Å². The number of ether oxygens (including phenoxy) is 4. The third-order valence-electron chi connectivity index (χ3n) is 4.14. The number of esters is 1. The summed E-state index contributed by atoms with van der Waals surface area (Å²) < 4.78 is 24.5. The summed E-state index contributed by atoms with van der Waals surface area (Å²) in [6, 6.07) is 0. The maximum Gasteiger partial charge on any atom is 0.338 e. The lowest BCUT2D eigenvalue weighted by Gasteiger charge is -2.24. The van der Waals surface area contributed by atoms with Gasteiger partial charge in [0.2, 0.25) is 0 Å². The Kier molecular flexibility index (Phi) is 3.91. The molecule has 0 saturated carbocycles. The molecule has 0 radical (unpaired) electrons. The molecule has 2 aromatic heterocycles. The molecule has 0 aliphatic carbocycles. The van der Waals surface area contributed by atoms with E-state index in [0.717, 1.165) is 0 Å². The zero-order chi connectivity index (χ0) is 17.8. The second-order valence-corrected chi connectivity index (χ2v) is 6.61. The second-order valence-electron chi connectivity index (χ2n) is 6.25. The molecule has 25 heavy (non-hydrogen) atoms. The van der Waals surface area contributed by atoms with Crippen LogP contribution in [-0.2, 0) is 23.7 Å². The number of hydrogen-bond acceptors (Lipinski definition) is 8. The van der Waals surface area contributed by atoms with Crippen LogP contribution in [0.4, 0.5) is 0 Å². The molecular weight excluding hydrogens is 352 g/mol. The van der Waals surface area contributed by atoms with Crippen LogP contribution < -0.4 is 0 Å². The van der Waals surface area contributed by atoms with Gasteiger partial charge in [0, 0.05) is 0 Å². The average Bonchev–Trinajstić information content (AvgIpc) is 3.18. The summed E-state index contributed by atoms with van der Waals surface area (Å²) in [6.45, 7) is 5.56. The van der Waals surface area contributed by atoms with Crippen LogP contribution in [0, 0.1) is 0 Å². The van der Waals surface area contributed by atoms with Crippen LogP contribution >= 0.6 is 11.6 Å². The second kappa shape index (κ2) is 5.87. The van der Waals surface area contributed by atoms with Crippen molar-refractivity contribution in [3.63, 3.8) is 0 Å². The van der Waals surface area contributed by atoms with Crippen LogP contribution in [0.2, 0.25) is 5.15 Å². The van der Waals surface area contributed by atoms with Gasteiger partial charge in [-0.3, -0.25) is 4.57 Å². The van der Waals surface area contributed by atoms with Crippen molar-refractivity contribution in [3.8, 4) is 0 Å². The zero-order valence-electron chi connectivity index (χ0n) is 13.9. The molecule has 0 spiro atoms. The molecule has 0 aromatic carbocycles. The first-order valence-electron chi connectivity index (χ1n) is 7.92. The lowest BCUT2D eigenvalue weighted by Crippen LogP contribution is -2.36. The molecule has 2 fully saturated rings. The van der Waals surface area contributed by atoms with E-state index in [1.54, 1.807) is 25.3 Å². The Morgan fingerprint density at radius 1 is 1.32 bits per heavy atom. The van der Waals surface area contributed by atoms with Gasteiger partial charge in [0.15, 0.2) is 28.9 Å². The van der Waals surface area contributed by atoms with Crippen LogP contribution in [0.25, 0.3) is 11.2 Å². The smallest absolute Gasteiger partial charge is 0.338 e. The normalized spacial score (nSPS) is 30.6. The highest BCUT2D eigenvalue weighted by Gasteiger charge is 2.58. The van der Waals surface area contributed by atoms with E-state index in [4.69, 9.17) is 30.5 Å². The van der Waals surface area contributed by atoms with Crippen LogP contribution in [0.3, 0.4) is 0 Å². The summed E-state index contributed by atoms with van der Waals surface area (Å²) in [5, 5.41) is 0.240. The van der Waals surface area contributed by atoms with Crippen molar-refractivity contribution in [1.82, 2.24) is 19.5 Å². The number of fused-ring (bicyclic) bond motifs is 2. The maximum atomic E-state index is 12.3. The molecule has 2 aromatic rings. The predicted octanol–water partition coefficient (Wildman–Crippen LogP) is 1.46. The van der Waals surface area contributed by atoms with Crippen LogP contribution in [0.1, 0.15) is 27.0 Å². The Bertz CT molecular complexity index is 825. The van der Waals surface area contributed by atoms with Crippen LogP contribution in [0.15, 0.2) is 12.7 Å². The minimum Gasteiger partial charge on any atom is -0.464 e. The van der Waals surface area contributed by atoms with Gasteiger partial charge in [0.05, 0.1) is 12.9 Å². The number of carbonyl (C=O) groups excluding carboxylic acids is 1. The third-order valence-corrected chi connectivity index (χ3v) is 4.41. The quantitative estimate of drug-likeness (QED) is 0.593. The fourth-order valence-electron chi connectivity index (χ4n) is 3.22. The number of carbonyl (C=O) groups is 1. The van der Waals surface area contributed by atoms with Gasteiger partial charge in [-0.1, -0.05) is 11.6 Å². The SMILES string of the molecule is CCOC(=O)[C@H]1O[C@@H](n2cnc3c(Cl)ncnc32)[C@@H]2OC(C)(C)O[C@@H]21. The number of halogens is 1. The molecule has 134 valence electrons. The average molecular weight is 369 g/mol. The van der Waals surface area contributed by atoms with E-state index in [-0.39, 0.29) is 11.8 Å². The van der Waals surface area contributed by atoms with Crippen molar-refractivity contribution < 1.29 is 23.7 Å². The van der Waals surface area contributed by atoms with Gasteiger partial charge in [-0.25, -0.2) is 19.7 Å². The van der Waals surface area contributed by atoms with E-state index < -0.39 is 36.3 Å². The van der Waals surface area contributed by atoms with Crippen molar-refractivity contribution in [1.29, 1.82) is 0 Å². The summed E-state index contributed by atoms with van der Waals surface area (Å²) in [5.74, 6) is -1.33. The number of rotatable bonds is 3. The first-order valence-corrected chi connectivity index (χ1v) is 8.30. The van der Waals surface area contributed by atoms with Gasteiger partial charge < -0.3 is 18.9 Å². The monoisotopic (exact) mass is 368 g/mol. The number of hydrogen-bond donors (Lipinski definition) is 0. The number of imidazole rings is 1. The van der Waals surface area contributed by atoms with Crippen LogP contribution in [-0.4, -0.2) is 56.2 Å². The maximum absolute atomic E-state index is 12.3. The molecule has 4 heterocycles. The summed E-state index contributed by atoms with van der Waals surface area (Å²) in [7, 11) is 0. The first-order chi connectivity index (χ1) is 11.9. The molecule has 0 unspecified atom stereocenters. The zero-order valence-corrected chi connectivity index (χ0v) is 14.6. The van der Waals surface area contributed by atoms with E-state index in [9.17, 15) is 4.79 Å². The van der Waals surface area contributed by atoms with Crippen molar-refractivity contribution in [2.75, 3.05) is 6.61 Å². The van der Waals surface area contributed by atoms with Gasteiger partial charge in [-0.2, -0.15) is 0 Å². The molecule has 0 amide bonds. The Balaban J connectivity index is 1.73. The minimum absolute atomic E-state index is 0.240. The van der Waals surface area contributed by atoms with Gasteiger partial charge in [-0.15, -0.1) is 0 Å². The Morgan fingerprint density at radius 2 is 2.08 bits per heavy atom. The highest BCUT2D eigenvalue weighted by molar-refractivity contribution is 6.33. The van der Waals surface area contributed by atoms with Crippen molar-refractivity contribution in [2.45, 2.75) is 51.1 Å². The van der Waals surface area contributed by atoms with E-state index in [1.165, 1.54) is 12.7 Å². The largest absolute Gasteiger partial charge is 0.464 e.